The molecule has 1 aliphatic heterocycles. The summed E-state index contributed by atoms with van der Waals surface area (Å²) in [4.78, 5) is 0. The molecule has 0 amide bonds. The number of halogens is 1. The zero-order valence-corrected chi connectivity index (χ0v) is 14.0. The summed E-state index contributed by atoms with van der Waals surface area (Å²) >= 11 is 3.48. The Hall–Kier alpha value is -0.540. The second-order valence-electron chi connectivity index (χ2n) is 7.39. The molecule has 4 rings (SSSR count). The molecule has 2 spiro atoms. The Kier molecular flexibility index (Phi) is 3.34. The molecule has 3 heteroatoms. The number of fused-ring (bicyclic) bond motifs is 1. The summed E-state index contributed by atoms with van der Waals surface area (Å²) < 4.78 is 7.42. The van der Waals surface area contributed by atoms with Crippen molar-refractivity contribution in [1.82, 2.24) is 0 Å². The Bertz CT molecular complexity index is 538. The maximum absolute atomic E-state index is 10.6. The van der Waals surface area contributed by atoms with Crippen LogP contribution in [0.4, 0.5) is 0 Å². The lowest BCUT2D eigenvalue weighted by atomic mass is 9.65. The molecule has 1 heterocycles. The van der Waals surface area contributed by atoms with E-state index in [9.17, 15) is 5.11 Å². The van der Waals surface area contributed by atoms with Crippen LogP contribution in [0.3, 0.4) is 0 Å². The van der Waals surface area contributed by atoms with Gasteiger partial charge in [-0.3, -0.25) is 0 Å². The summed E-state index contributed by atoms with van der Waals surface area (Å²) in [5, 5.41) is 10.6. The molecule has 0 saturated heterocycles. The summed E-state index contributed by atoms with van der Waals surface area (Å²) in [5.41, 5.74) is 1.43. The number of benzene rings is 1. The average molecular weight is 351 g/mol. The van der Waals surface area contributed by atoms with Crippen molar-refractivity contribution in [2.45, 2.75) is 69.5 Å². The molecule has 2 saturated carbocycles. The Morgan fingerprint density at radius 1 is 1.05 bits per heavy atom. The molecule has 21 heavy (non-hydrogen) atoms. The van der Waals surface area contributed by atoms with Crippen LogP contribution >= 0.6 is 15.9 Å². The number of rotatable bonds is 0. The number of aliphatic hydroxyl groups excluding tert-OH is 1. The lowest BCUT2D eigenvalue weighted by Gasteiger charge is -2.48. The minimum absolute atomic E-state index is 0.117. The van der Waals surface area contributed by atoms with E-state index in [2.05, 4.69) is 15.9 Å². The molecule has 1 aromatic carbocycles. The SMILES string of the molecule is O[C@H]1CC2(CCC3(CCCC3)CC2)Oc2ccc(Br)cc21. The van der Waals surface area contributed by atoms with E-state index in [-0.39, 0.29) is 11.7 Å². The van der Waals surface area contributed by atoms with E-state index in [1.807, 2.05) is 18.2 Å². The van der Waals surface area contributed by atoms with Crippen molar-refractivity contribution in [3.63, 3.8) is 0 Å². The van der Waals surface area contributed by atoms with Crippen molar-refractivity contribution < 1.29 is 9.84 Å². The van der Waals surface area contributed by atoms with Gasteiger partial charge in [-0.2, -0.15) is 0 Å². The van der Waals surface area contributed by atoms with Gasteiger partial charge >= 0.3 is 0 Å². The lowest BCUT2D eigenvalue weighted by Crippen LogP contribution is -2.46. The number of ether oxygens (including phenoxy) is 1. The fourth-order valence-electron chi connectivity index (χ4n) is 4.78. The molecular weight excluding hydrogens is 328 g/mol. The second-order valence-corrected chi connectivity index (χ2v) is 8.31. The molecule has 114 valence electrons. The number of hydrogen-bond acceptors (Lipinski definition) is 2. The van der Waals surface area contributed by atoms with E-state index in [1.165, 1.54) is 38.5 Å². The molecule has 0 bridgehead atoms. The Morgan fingerprint density at radius 3 is 2.48 bits per heavy atom. The first kappa shape index (κ1) is 14.1. The minimum Gasteiger partial charge on any atom is -0.487 e. The summed E-state index contributed by atoms with van der Waals surface area (Å²) in [6, 6.07) is 6.00. The first-order valence-electron chi connectivity index (χ1n) is 8.27. The number of hydrogen-bond donors (Lipinski definition) is 1. The van der Waals surface area contributed by atoms with Crippen LogP contribution in [0, 0.1) is 5.41 Å². The molecule has 0 unspecified atom stereocenters. The topological polar surface area (TPSA) is 29.5 Å². The predicted molar refractivity (Wildman–Crippen MR) is 86.4 cm³/mol. The van der Waals surface area contributed by atoms with Crippen molar-refractivity contribution in [3.8, 4) is 5.75 Å². The summed E-state index contributed by atoms with van der Waals surface area (Å²) in [6.07, 6.45) is 10.8. The van der Waals surface area contributed by atoms with Gasteiger partial charge in [0, 0.05) is 16.5 Å². The van der Waals surface area contributed by atoms with Crippen LogP contribution in [-0.2, 0) is 0 Å². The highest BCUT2D eigenvalue weighted by Gasteiger charge is 2.48. The van der Waals surface area contributed by atoms with Crippen molar-refractivity contribution >= 4 is 15.9 Å². The van der Waals surface area contributed by atoms with Gasteiger partial charge in [0.05, 0.1) is 6.10 Å². The average Bonchev–Trinajstić information content (AvgIpc) is 2.93. The van der Waals surface area contributed by atoms with Crippen molar-refractivity contribution in [2.24, 2.45) is 5.41 Å². The minimum atomic E-state index is -0.385. The van der Waals surface area contributed by atoms with Gasteiger partial charge in [-0.1, -0.05) is 28.8 Å². The first-order chi connectivity index (χ1) is 10.1. The molecule has 0 aromatic heterocycles. The molecule has 2 nitrogen and oxygen atoms in total. The van der Waals surface area contributed by atoms with Crippen LogP contribution in [0.5, 0.6) is 5.75 Å². The van der Waals surface area contributed by atoms with Crippen molar-refractivity contribution in [2.75, 3.05) is 0 Å². The second kappa shape index (κ2) is 4.99. The van der Waals surface area contributed by atoms with Crippen molar-refractivity contribution in [3.05, 3.63) is 28.2 Å². The summed E-state index contributed by atoms with van der Waals surface area (Å²) in [5.74, 6) is 0.888. The molecular formula is C18H23BrO2. The molecule has 1 N–H and O–H groups in total. The van der Waals surface area contributed by atoms with Gasteiger partial charge in [-0.05, 0) is 62.1 Å². The lowest BCUT2D eigenvalue weighted by molar-refractivity contribution is -0.0622. The van der Waals surface area contributed by atoms with E-state index >= 15 is 0 Å². The standard InChI is InChI=1S/C18H23BrO2/c19-13-3-4-16-14(11-13)15(20)12-18(21-16)9-7-17(8-10-18)5-1-2-6-17/h3-4,11,15,20H,1-2,5-10,12H2/t15-/m0/s1. The normalized spacial score (nSPS) is 29.3. The van der Waals surface area contributed by atoms with Gasteiger partial charge in [0.25, 0.3) is 0 Å². The van der Waals surface area contributed by atoms with Crippen LogP contribution in [-0.4, -0.2) is 10.7 Å². The maximum Gasteiger partial charge on any atom is 0.126 e. The highest BCUT2D eigenvalue weighted by atomic mass is 79.9. The van der Waals surface area contributed by atoms with Crippen molar-refractivity contribution in [1.29, 1.82) is 0 Å². The van der Waals surface area contributed by atoms with Gasteiger partial charge < -0.3 is 9.84 Å². The Morgan fingerprint density at radius 2 is 1.76 bits per heavy atom. The zero-order chi connectivity index (χ0) is 14.5. The third-order valence-electron chi connectivity index (χ3n) is 6.11. The van der Waals surface area contributed by atoms with Crippen LogP contribution in [0.15, 0.2) is 22.7 Å². The van der Waals surface area contributed by atoms with Gasteiger partial charge in [0.15, 0.2) is 0 Å². The summed E-state index contributed by atoms with van der Waals surface area (Å²) in [6.45, 7) is 0. The molecule has 1 atom stereocenters. The van der Waals surface area contributed by atoms with Crippen LogP contribution in [0.25, 0.3) is 0 Å². The van der Waals surface area contributed by atoms with Crippen LogP contribution in [0.2, 0.25) is 0 Å². The van der Waals surface area contributed by atoms with E-state index in [0.717, 1.165) is 35.0 Å². The van der Waals surface area contributed by atoms with Gasteiger partial charge in [-0.15, -0.1) is 0 Å². The quantitative estimate of drug-likeness (QED) is 0.701. The van der Waals surface area contributed by atoms with Gasteiger partial charge in [0.2, 0.25) is 0 Å². The number of aliphatic hydroxyl groups is 1. The summed E-state index contributed by atoms with van der Waals surface area (Å²) in [7, 11) is 0. The van der Waals surface area contributed by atoms with Gasteiger partial charge in [0.1, 0.15) is 11.4 Å². The van der Waals surface area contributed by atoms with E-state index < -0.39 is 0 Å². The fraction of sp³-hybridized carbons (Fsp3) is 0.667. The molecule has 2 fully saturated rings. The van der Waals surface area contributed by atoms with E-state index in [4.69, 9.17) is 4.74 Å². The Labute approximate surface area is 135 Å². The highest BCUT2D eigenvalue weighted by Crippen LogP contribution is 2.55. The highest BCUT2D eigenvalue weighted by molar-refractivity contribution is 9.10. The monoisotopic (exact) mass is 350 g/mol. The third kappa shape index (κ3) is 2.43. The molecule has 1 aromatic rings. The Balaban J connectivity index is 1.56. The van der Waals surface area contributed by atoms with E-state index in [0.29, 0.717) is 5.41 Å². The molecule has 0 radical (unpaired) electrons. The van der Waals surface area contributed by atoms with Gasteiger partial charge in [-0.25, -0.2) is 0 Å². The maximum atomic E-state index is 10.6. The fourth-order valence-corrected chi connectivity index (χ4v) is 5.16. The molecule has 2 aliphatic carbocycles. The van der Waals surface area contributed by atoms with Crippen LogP contribution in [0.1, 0.15) is 69.5 Å². The molecule has 3 aliphatic rings. The largest absolute Gasteiger partial charge is 0.487 e. The first-order valence-corrected chi connectivity index (χ1v) is 9.06. The third-order valence-corrected chi connectivity index (χ3v) is 6.60. The van der Waals surface area contributed by atoms with E-state index in [1.54, 1.807) is 0 Å². The van der Waals surface area contributed by atoms with Crippen LogP contribution < -0.4 is 4.74 Å². The smallest absolute Gasteiger partial charge is 0.126 e. The zero-order valence-electron chi connectivity index (χ0n) is 12.4. The predicted octanol–water partition coefficient (Wildman–Crippen LogP) is 5.14.